The van der Waals surface area contributed by atoms with E-state index in [-0.39, 0.29) is 6.42 Å². The number of nitrogen functional groups attached to an aromatic ring is 1. The zero-order valence-electron chi connectivity index (χ0n) is 18.5. The van der Waals surface area contributed by atoms with E-state index in [1.165, 1.54) is 0 Å². The summed E-state index contributed by atoms with van der Waals surface area (Å²) in [6.45, 7) is 4.75. The maximum Gasteiger partial charge on any atom is 0.307 e. The first-order chi connectivity index (χ1) is 16.6. The van der Waals surface area contributed by atoms with E-state index in [1.807, 2.05) is 18.2 Å². The van der Waals surface area contributed by atoms with Crippen molar-refractivity contribution in [1.82, 2.24) is 29.2 Å². The quantitative estimate of drug-likeness (QED) is 0.399. The summed E-state index contributed by atoms with van der Waals surface area (Å²) < 4.78 is 14.7. The van der Waals surface area contributed by atoms with E-state index in [0.717, 1.165) is 49.5 Å². The molecule has 0 unspecified atom stereocenters. The van der Waals surface area contributed by atoms with Gasteiger partial charge in [-0.25, -0.2) is 9.67 Å². The molecule has 0 spiro atoms. The van der Waals surface area contributed by atoms with E-state index >= 15 is 0 Å². The summed E-state index contributed by atoms with van der Waals surface area (Å²) >= 11 is 0. The molecule has 0 aliphatic carbocycles. The van der Waals surface area contributed by atoms with Crippen LogP contribution in [0.4, 0.5) is 5.82 Å². The third-order valence-corrected chi connectivity index (χ3v) is 5.66. The molecule has 34 heavy (non-hydrogen) atoms. The van der Waals surface area contributed by atoms with Crippen molar-refractivity contribution in [2.45, 2.75) is 6.42 Å². The van der Waals surface area contributed by atoms with Crippen LogP contribution in [-0.4, -0.2) is 79.7 Å². The Morgan fingerprint density at radius 2 is 2.00 bits per heavy atom. The highest BCUT2D eigenvalue weighted by atomic mass is 16.5. The number of benzene rings is 1. The third kappa shape index (κ3) is 4.70. The molecule has 176 valence electrons. The number of nitrogens with zero attached hydrogens (tertiary/aromatic N) is 6. The zero-order valence-corrected chi connectivity index (χ0v) is 18.5. The summed E-state index contributed by atoms with van der Waals surface area (Å²) in [6, 6.07) is 7.41. The fraction of sp³-hybridized carbons (Fsp3) is 0.304. The minimum atomic E-state index is -0.890. The topological polar surface area (TPSA) is 134 Å². The van der Waals surface area contributed by atoms with Crippen LogP contribution < -0.4 is 10.5 Å². The van der Waals surface area contributed by atoms with E-state index in [2.05, 4.69) is 20.0 Å². The summed E-state index contributed by atoms with van der Waals surface area (Å²) in [4.78, 5) is 22.2. The van der Waals surface area contributed by atoms with Crippen molar-refractivity contribution in [2.75, 3.05) is 45.2 Å². The Morgan fingerprint density at radius 3 is 2.82 bits per heavy atom. The van der Waals surface area contributed by atoms with Crippen molar-refractivity contribution in [3.05, 3.63) is 54.6 Å². The number of fused-ring (bicyclic) bond motifs is 1. The van der Waals surface area contributed by atoms with Gasteiger partial charge in [-0.3, -0.25) is 14.7 Å². The largest absolute Gasteiger partial charge is 0.492 e. The molecule has 0 bridgehead atoms. The zero-order chi connectivity index (χ0) is 23.5. The highest BCUT2D eigenvalue weighted by molar-refractivity contribution is 5.91. The van der Waals surface area contributed by atoms with Crippen LogP contribution in [0.15, 0.2) is 49.1 Å². The molecule has 1 saturated heterocycles. The van der Waals surface area contributed by atoms with Gasteiger partial charge < -0.3 is 24.9 Å². The standard InChI is InChI=1S/C23H25N7O4/c24-23-18-2-1-17(34-10-7-28-5-8-33-9-6-28)12-19(18)30(27-23)21-14-25-13-20(26-21)29-4-3-16(15-29)11-22(31)32/h1-4,12-15H,5-11H2,(H2,24,27)(H,31,32). The predicted molar refractivity (Wildman–Crippen MR) is 124 cm³/mol. The number of carboxylic acids is 1. The summed E-state index contributed by atoms with van der Waals surface area (Å²) in [5.74, 6) is 1.23. The van der Waals surface area contributed by atoms with E-state index < -0.39 is 5.97 Å². The molecule has 1 aliphatic rings. The second-order valence-electron chi connectivity index (χ2n) is 8.01. The summed E-state index contributed by atoms with van der Waals surface area (Å²) in [6.07, 6.45) is 6.61. The van der Waals surface area contributed by atoms with Crippen molar-refractivity contribution in [3.63, 3.8) is 0 Å². The van der Waals surface area contributed by atoms with Crippen molar-refractivity contribution in [1.29, 1.82) is 0 Å². The monoisotopic (exact) mass is 463 g/mol. The molecule has 11 nitrogen and oxygen atoms in total. The third-order valence-electron chi connectivity index (χ3n) is 5.66. The Labute approximate surface area is 195 Å². The van der Waals surface area contributed by atoms with Crippen molar-refractivity contribution < 1.29 is 19.4 Å². The smallest absolute Gasteiger partial charge is 0.307 e. The van der Waals surface area contributed by atoms with Crippen LogP contribution in [0.25, 0.3) is 22.5 Å². The number of aromatic nitrogens is 5. The maximum absolute atomic E-state index is 11.0. The van der Waals surface area contributed by atoms with Gasteiger partial charge in [0.2, 0.25) is 0 Å². The lowest BCUT2D eigenvalue weighted by atomic mass is 10.2. The van der Waals surface area contributed by atoms with Crippen LogP contribution in [0.1, 0.15) is 5.56 Å². The minimum Gasteiger partial charge on any atom is -0.492 e. The van der Waals surface area contributed by atoms with E-state index in [4.69, 9.17) is 20.3 Å². The molecule has 4 aromatic rings. The van der Waals surface area contributed by atoms with Crippen molar-refractivity contribution >= 4 is 22.7 Å². The molecule has 1 aliphatic heterocycles. The number of morpholine rings is 1. The molecule has 3 aromatic heterocycles. The average molecular weight is 463 g/mol. The molecule has 0 amide bonds. The minimum absolute atomic E-state index is 0.0608. The Balaban J connectivity index is 1.38. The lowest BCUT2D eigenvalue weighted by molar-refractivity contribution is -0.136. The van der Waals surface area contributed by atoms with E-state index in [1.54, 1.807) is 40.1 Å². The van der Waals surface area contributed by atoms with Gasteiger partial charge in [-0.1, -0.05) is 0 Å². The highest BCUT2D eigenvalue weighted by Gasteiger charge is 2.14. The first-order valence-corrected chi connectivity index (χ1v) is 11.0. The molecule has 0 radical (unpaired) electrons. The number of aliphatic carboxylic acids is 1. The van der Waals surface area contributed by atoms with Crippen LogP contribution in [0, 0.1) is 0 Å². The Morgan fingerprint density at radius 1 is 1.18 bits per heavy atom. The Kier molecular flexibility index (Phi) is 6.11. The van der Waals surface area contributed by atoms with Gasteiger partial charge in [0.1, 0.15) is 12.4 Å². The van der Waals surface area contributed by atoms with E-state index in [9.17, 15) is 4.79 Å². The number of hydrogen-bond donors (Lipinski definition) is 2. The number of ether oxygens (including phenoxy) is 2. The summed E-state index contributed by atoms with van der Waals surface area (Å²) in [5, 5.41) is 14.3. The van der Waals surface area contributed by atoms with Gasteiger partial charge in [-0.05, 0) is 23.8 Å². The van der Waals surface area contributed by atoms with E-state index in [0.29, 0.717) is 29.6 Å². The molecule has 0 saturated carbocycles. The number of rotatable bonds is 8. The predicted octanol–water partition coefficient (Wildman–Crippen LogP) is 1.53. The lowest BCUT2D eigenvalue weighted by Crippen LogP contribution is -2.38. The van der Waals surface area contributed by atoms with Crippen LogP contribution in [0.5, 0.6) is 5.75 Å². The fourth-order valence-corrected chi connectivity index (χ4v) is 3.94. The molecule has 1 fully saturated rings. The molecule has 5 rings (SSSR count). The summed E-state index contributed by atoms with van der Waals surface area (Å²) in [5.41, 5.74) is 7.59. The van der Waals surface area contributed by atoms with Crippen LogP contribution in [-0.2, 0) is 16.0 Å². The maximum atomic E-state index is 11.0. The van der Waals surface area contributed by atoms with Crippen molar-refractivity contribution in [2.24, 2.45) is 0 Å². The van der Waals surface area contributed by atoms with Crippen LogP contribution in [0.3, 0.4) is 0 Å². The molecular weight excluding hydrogens is 438 g/mol. The van der Waals surface area contributed by atoms with Gasteiger partial charge in [0.15, 0.2) is 17.5 Å². The van der Waals surface area contributed by atoms with Gasteiger partial charge in [0.25, 0.3) is 0 Å². The molecule has 4 heterocycles. The normalized spacial score (nSPS) is 14.5. The fourth-order valence-electron chi connectivity index (χ4n) is 3.94. The second-order valence-corrected chi connectivity index (χ2v) is 8.01. The van der Waals surface area contributed by atoms with Crippen LogP contribution in [0.2, 0.25) is 0 Å². The van der Waals surface area contributed by atoms with Crippen LogP contribution >= 0.6 is 0 Å². The molecule has 1 aromatic carbocycles. The van der Waals surface area contributed by atoms with Gasteiger partial charge in [0, 0.05) is 43.5 Å². The number of carboxylic acid groups (broad SMARTS) is 1. The number of carbonyl (C=O) groups is 1. The summed E-state index contributed by atoms with van der Waals surface area (Å²) in [7, 11) is 0. The molecule has 11 heteroatoms. The molecular formula is C23H25N7O4. The lowest BCUT2D eigenvalue weighted by Gasteiger charge is -2.26. The number of anilines is 1. The van der Waals surface area contributed by atoms with Gasteiger partial charge >= 0.3 is 5.97 Å². The van der Waals surface area contributed by atoms with Gasteiger partial charge in [-0.2, -0.15) is 0 Å². The first kappa shape index (κ1) is 21.9. The number of hydrogen-bond acceptors (Lipinski definition) is 8. The average Bonchev–Trinajstić information content (AvgIpc) is 3.44. The number of nitrogens with two attached hydrogens (primary N) is 1. The van der Waals surface area contributed by atoms with Gasteiger partial charge in [-0.15, -0.1) is 5.10 Å². The molecule has 0 atom stereocenters. The first-order valence-electron chi connectivity index (χ1n) is 11.0. The second kappa shape index (κ2) is 9.49. The van der Waals surface area contributed by atoms with Crippen molar-refractivity contribution in [3.8, 4) is 17.4 Å². The Bertz CT molecular complexity index is 1310. The highest BCUT2D eigenvalue weighted by Crippen LogP contribution is 2.27. The van der Waals surface area contributed by atoms with Gasteiger partial charge in [0.05, 0.1) is 37.5 Å². The Hall–Kier alpha value is -3.96. The SMILES string of the molecule is Nc1nn(-c2cncc(-n3ccc(CC(=O)O)c3)n2)c2cc(OCCN3CCOCC3)ccc12. The molecule has 3 N–H and O–H groups in total.